The minimum absolute atomic E-state index is 0.00624. The van der Waals surface area contributed by atoms with Gasteiger partial charge in [-0.3, -0.25) is 9.59 Å². The van der Waals surface area contributed by atoms with Crippen LogP contribution in [0.1, 0.15) is 22.3 Å². The second-order valence-corrected chi connectivity index (χ2v) is 7.30. The lowest BCUT2D eigenvalue weighted by Gasteiger charge is -2.10. The lowest BCUT2D eigenvalue weighted by Crippen LogP contribution is -2.30. The highest BCUT2D eigenvalue weighted by molar-refractivity contribution is 7.98. The van der Waals surface area contributed by atoms with Crippen LogP contribution in [0.3, 0.4) is 0 Å². The van der Waals surface area contributed by atoms with Gasteiger partial charge in [0.05, 0.1) is 11.0 Å². The number of imidazole rings is 1. The highest BCUT2D eigenvalue weighted by Crippen LogP contribution is 2.23. The quantitative estimate of drug-likeness (QED) is 0.616. The summed E-state index contributed by atoms with van der Waals surface area (Å²) in [5, 5.41) is 3.65. The van der Waals surface area contributed by atoms with Gasteiger partial charge in [-0.15, -0.1) is 0 Å². The summed E-state index contributed by atoms with van der Waals surface area (Å²) in [6, 6.07) is 15.4. The number of carbonyl (C=O) groups excluding carboxylic acids is 2. The normalized spacial score (nSPS) is 10.7. The van der Waals surface area contributed by atoms with Crippen LogP contribution in [-0.4, -0.2) is 47.3 Å². The number of aromatic nitrogens is 2. The van der Waals surface area contributed by atoms with Crippen LogP contribution in [0, 0.1) is 0 Å². The molecular weight excluding hydrogens is 360 g/mol. The molecule has 0 saturated carbocycles. The fourth-order valence-electron chi connectivity index (χ4n) is 2.51. The molecule has 1 heterocycles. The molecular formula is C20H22N4O2S. The molecule has 0 saturated heterocycles. The summed E-state index contributed by atoms with van der Waals surface area (Å²) in [6.45, 7) is 0.333. The summed E-state index contributed by atoms with van der Waals surface area (Å²) in [5.41, 5.74) is 3.68. The number of amides is 2. The first-order chi connectivity index (χ1) is 13.0. The second-order valence-electron chi connectivity index (χ2n) is 6.34. The van der Waals surface area contributed by atoms with Crippen LogP contribution < -0.4 is 5.32 Å². The van der Waals surface area contributed by atoms with Gasteiger partial charge in [-0.2, -0.15) is 0 Å². The average molecular weight is 382 g/mol. The number of aromatic amines is 1. The smallest absolute Gasteiger partial charge is 0.251 e. The Morgan fingerprint density at radius 2 is 1.85 bits per heavy atom. The Morgan fingerprint density at radius 1 is 1.11 bits per heavy atom. The van der Waals surface area contributed by atoms with Crippen molar-refractivity contribution in [2.75, 3.05) is 20.6 Å². The third-order valence-electron chi connectivity index (χ3n) is 4.08. The van der Waals surface area contributed by atoms with Gasteiger partial charge in [-0.05, 0) is 29.8 Å². The molecule has 0 fully saturated rings. The molecule has 6 nitrogen and oxygen atoms in total. The van der Waals surface area contributed by atoms with Crippen molar-refractivity contribution in [1.29, 1.82) is 0 Å². The molecule has 3 aromatic rings. The number of hydrogen-bond acceptors (Lipinski definition) is 4. The van der Waals surface area contributed by atoms with Crippen LogP contribution in [0.2, 0.25) is 0 Å². The molecule has 2 amide bonds. The highest BCUT2D eigenvalue weighted by atomic mass is 32.2. The zero-order valence-corrected chi connectivity index (χ0v) is 16.2. The van der Waals surface area contributed by atoms with Gasteiger partial charge in [0.15, 0.2) is 5.16 Å². The average Bonchev–Trinajstić information content (AvgIpc) is 3.09. The molecule has 0 aliphatic rings. The van der Waals surface area contributed by atoms with E-state index in [4.69, 9.17) is 0 Å². The summed E-state index contributed by atoms with van der Waals surface area (Å²) in [4.78, 5) is 33.0. The van der Waals surface area contributed by atoms with E-state index in [1.165, 1.54) is 4.90 Å². The first-order valence-corrected chi connectivity index (χ1v) is 9.66. The predicted octanol–water partition coefficient (Wildman–Crippen LogP) is 3.06. The summed E-state index contributed by atoms with van der Waals surface area (Å²) < 4.78 is 0. The Morgan fingerprint density at radius 3 is 2.56 bits per heavy atom. The van der Waals surface area contributed by atoms with Gasteiger partial charge >= 0.3 is 0 Å². The van der Waals surface area contributed by atoms with Crippen molar-refractivity contribution in [3.63, 3.8) is 0 Å². The van der Waals surface area contributed by atoms with Crippen molar-refractivity contribution in [2.24, 2.45) is 0 Å². The predicted molar refractivity (Wildman–Crippen MR) is 108 cm³/mol. The standard InChI is InChI=1S/C20H22N4O2S/c1-24(2)18(25)11-12-21-19(26)15-9-7-14(8-10-15)13-27-20-22-16-5-3-4-6-17(16)23-20/h3-10H,11-13H2,1-2H3,(H,21,26)(H,22,23). The van der Waals surface area contributed by atoms with Gasteiger partial charge in [0.1, 0.15) is 0 Å². The van der Waals surface area contributed by atoms with Crippen LogP contribution in [0.4, 0.5) is 0 Å². The third-order valence-corrected chi connectivity index (χ3v) is 5.03. The maximum atomic E-state index is 12.1. The van der Waals surface area contributed by atoms with E-state index < -0.39 is 0 Å². The maximum absolute atomic E-state index is 12.1. The molecule has 0 aliphatic carbocycles. The van der Waals surface area contributed by atoms with Crippen LogP contribution in [-0.2, 0) is 10.5 Å². The molecule has 7 heteroatoms. The van der Waals surface area contributed by atoms with Crippen LogP contribution in [0.5, 0.6) is 0 Å². The number of fused-ring (bicyclic) bond motifs is 1. The largest absolute Gasteiger partial charge is 0.352 e. The maximum Gasteiger partial charge on any atom is 0.251 e. The summed E-state index contributed by atoms with van der Waals surface area (Å²) in [6.07, 6.45) is 0.297. The van der Waals surface area contributed by atoms with Crippen molar-refractivity contribution in [2.45, 2.75) is 17.3 Å². The zero-order valence-electron chi connectivity index (χ0n) is 15.4. The molecule has 0 atom stereocenters. The second kappa shape index (κ2) is 8.73. The molecule has 0 spiro atoms. The third kappa shape index (κ3) is 5.10. The summed E-state index contributed by atoms with van der Waals surface area (Å²) in [5.74, 6) is 0.588. The van der Waals surface area contributed by atoms with Crippen LogP contribution in [0.15, 0.2) is 53.7 Å². The Bertz CT molecular complexity index is 902. The van der Waals surface area contributed by atoms with Crippen molar-refractivity contribution in [3.8, 4) is 0 Å². The van der Waals surface area contributed by atoms with E-state index in [-0.39, 0.29) is 11.8 Å². The van der Waals surface area contributed by atoms with Gasteiger partial charge in [0, 0.05) is 38.4 Å². The Hall–Kier alpha value is -2.80. The van der Waals surface area contributed by atoms with Crippen LogP contribution in [0.25, 0.3) is 11.0 Å². The fourth-order valence-corrected chi connectivity index (χ4v) is 3.35. The summed E-state index contributed by atoms with van der Waals surface area (Å²) >= 11 is 1.62. The lowest BCUT2D eigenvalue weighted by molar-refractivity contribution is -0.128. The SMILES string of the molecule is CN(C)C(=O)CCNC(=O)c1ccc(CSc2nc3ccccc3[nH]2)cc1. The van der Waals surface area contributed by atoms with E-state index in [1.807, 2.05) is 36.4 Å². The van der Waals surface area contributed by atoms with E-state index in [0.717, 1.165) is 27.5 Å². The zero-order chi connectivity index (χ0) is 19.2. The van der Waals surface area contributed by atoms with E-state index in [2.05, 4.69) is 15.3 Å². The van der Waals surface area contributed by atoms with Crippen molar-refractivity contribution in [1.82, 2.24) is 20.2 Å². The van der Waals surface area contributed by atoms with Gasteiger partial charge < -0.3 is 15.2 Å². The number of hydrogen-bond donors (Lipinski definition) is 2. The number of para-hydroxylation sites is 2. The molecule has 0 unspecified atom stereocenters. The summed E-state index contributed by atoms with van der Waals surface area (Å²) in [7, 11) is 3.40. The Balaban J connectivity index is 1.50. The minimum atomic E-state index is -0.168. The van der Waals surface area contributed by atoms with E-state index >= 15 is 0 Å². The van der Waals surface area contributed by atoms with Crippen LogP contribution >= 0.6 is 11.8 Å². The highest BCUT2D eigenvalue weighted by Gasteiger charge is 2.08. The molecule has 0 aliphatic heterocycles. The van der Waals surface area contributed by atoms with Gasteiger partial charge in [-0.1, -0.05) is 36.0 Å². The number of thioether (sulfide) groups is 1. The number of H-pyrrole nitrogens is 1. The van der Waals surface area contributed by atoms with Gasteiger partial charge in [-0.25, -0.2) is 4.98 Å². The number of rotatable bonds is 7. The van der Waals surface area contributed by atoms with E-state index in [9.17, 15) is 9.59 Å². The molecule has 0 bridgehead atoms. The molecule has 140 valence electrons. The number of carbonyl (C=O) groups is 2. The minimum Gasteiger partial charge on any atom is -0.352 e. The Kier molecular flexibility index (Phi) is 6.13. The molecule has 27 heavy (non-hydrogen) atoms. The van der Waals surface area contributed by atoms with Gasteiger partial charge in [0.25, 0.3) is 5.91 Å². The topological polar surface area (TPSA) is 78.1 Å². The fraction of sp³-hybridized carbons (Fsp3) is 0.250. The van der Waals surface area contributed by atoms with E-state index in [1.54, 1.807) is 38.0 Å². The van der Waals surface area contributed by atoms with Crippen molar-refractivity contribution >= 4 is 34.6 Å². The molecule has 3 rings (SSSR count). The molecule has 2 N–H and O–H groups in total. The number of benzene rings is 2. The van der Waals surface area contributed by atoms with Gasteiger partial charge in [0.2, 0.25) is 5.91 Å². The molecule has 2 aromatic carbocycles. The monoisotopic (exact) mass is 382 g/mol. The molecule has 1 aromatic heterocycles. The Labute approximate surface area is 162 Å². The van der Waals surface area contributed by atoms with E-state index in [0.29, 0.717) is 18.5 Å². The lowest BCUT2D eigenvalue weighted by atomic mass is 10.1. The first-order valence-electron chi connectivity index (χ1n) is 8.68. The molecule has 0 radical (unpaired) electrons. The van der Waals surface area contributed by atoms with Crippen molar-refractivity contribution < 1.29 is 9.59 Å². The number of nitrogens with zero attached hydrogens (tertiary/aromatic N) is 2. The first kappa shape index (κ1) is 19.0. The number of nitrogens with one attached hydrogen (secondary N) is 2. The van der Waals surface area contributed by atoms with Crippen molar-refractivity contribution in [3.05, 3.63) is 59.7 Å².